The van der Waals surface area contributed by atoms with Crippen LogP contribution in [0.1, 0.15) is 36.8 Å². The maximum atomic E-state index is 14.2. The van der Waals surface area contributed by atoms with Crippen molar-refractivity contribution >= 4 is 17.5 Å². The van der Waals surface area contributed by atoms with Crippen LogP contribution in [0.2, 0.25) is 0 Å². The Balaban J connectivity index is 1.27. The van der Waals surface area contributed by atoms with Gasteiger partial charge in [0, 0.05) is 49.4 Å². The van der Waals surface area contributed by atoms with E-state index in [1.54, 1.807) is 6.07 Å². The van der Waals surface area contributed by atoms with Gasteiger partial charge in [0.1, 0.15) is 11.9 Å². The van der Waals surface area contributed by atoms with Gasteiger partial charge in [-0.3, -0.25) is 14.5 Å². The van der Waals surface area contributed by atoms with E-state index in [4.69, 9.17) is 0 Å². The van der Waals surface area contributed by atoms with Gasteiger partial charge in [0.2, 0.25) is 11.8 Å². The summed E-state index contributed by atoms with van der Waals surface area (Å²) in [6.45, 7) is 5.89. The van der Waals surface area contributed by atoms with Crippen LogP contribution in [0.4, 0.5) is 10.1 Å². The molecule has 1 unspecified atom stereocenters. The molecule has 0 saturated carbocycles. The number of aryl methyl sites for hydroxylation is 1. The minimum absolute atomic E-state index is 0.0454. The lowest BCUT2D eigenvalue weighted by molar-refractivity contribution is -0.133. The largest absolute Gasteiger partial charge is 0.373 e. The molecule has 3 heterocycles. The van der Waals surface area contributed by atoms with E-state index in [9.17, 15) is 14.0 Å². The summed E-state index contributed by atoms with van der Waals surface area (Å²) < 4.78 is 14.2. The SMILES string of the molecule is Cc1ccc(F)c2c1NC(C(=O)N[C@H]1CCCN(C3CCN(C(=O)CN(C)C)CC3)C1)C2. The molecule has 176 valence electrons. The van der Waals surface area contributed by atoms with Crippen LogP contribution >= 0.6 is 0 Å². The molecule has 2 saturated heterocycles. The highest BCUT2D eigenvalue weighted by Crippen LogP contribution is 2.31. The summed E-state index contributed by atoms with van der Waals surface area (Å²) in [6, 6.07) is 3.39. The van der Waals surface area contributed by atoms with Gasteiger partial charge in [0.15, 0.2) is 0 Å². The van der Waals surface area contributed by atoms with Crippen LogP contribution in [0.15, 0.2) is 12.1 Å². The number of benzene rings is 1. The van der Waals surface area contributed by atoms with Crippen molar-refractivity contribution in [1.29, 1.82) is 0 Å². The van der Waals surface area contributed by atoms with Gasteiger partial charge in [0.05, 0.1) is 6.54 Å². The Labute approximate surface area is 190 Å². The predicted molar refractivity (Wildman–Crippen MR) is 123 cm³/mol. The number of nitrogens with zero attached hydrogens (tertiary/aromatic N) is 3. The number of halogens is 1. The molecule has 0 aromatic heterocycles. The van der Waals surface area contributed by atoms with E-state index in [1.165, 1.54) is 6.07 Å². The number of fused-ring (bicyclic) bond motifs is 1. The fourth-order valence-electron chi connectivity index (χ4n) is 5.34. The van der Waals surface area contributed by atoms with Gasteiger partial charge in [-0.15, -0.1) is 0 Å². The van der Waals surface area contributed by atoms with Gasteiger partial charge in [-0.25, -0.2) is 4.39 Å². The lowest BCUT2D eigenvalue weighted by atomic mass is 9.97. The van der Waals surface area contributed by atoms with Crippen LogP contribution in [-0.4, -0.2) is 91.5 Å². The summed E-state index contributed by atoms with van der Waals surface area (Å²) in [5.41, 5.74) is 2.35. The third kappa shape index (κ3) is 5.07. The number of piperidine rings is 2. The number of amides is 2. The Morgan fingerprint density at radius 1 is 1.19 bits per heavy atom. The lowest BCUT2D eigenvalue weighted by Crippen LogP contribution is -2.55. The average Bonchev–Trinajstić information content (AvgIpc) is 3.23. The number of likely N-dealkylation sites (N-methyl/N-ethyl adjacent to an activating group) is 1. The van der Waals surface area contributed by atoms with Crippen molar-refractivity contribution in [2.45, 2.75) is 57.2 Å². The number of rotatable bonds is 5. The minimum Gasteiger partial charge on any atom is -0.373 e. The summed E-state index contributed by atoms with van der Waals surface area (Å²) in [4.78, 5) is 31.6. The number of hydrogen-bond donors (Lipinski definition) is 2. The third-order valence-corrected chi connectivity index (χ3v) is 7.09. The third-order valence-electron chi connectivity index (χ3n) is 7.09. The highest BCUT2D eigenvalue weighted by molar-refractivity contribution is 5.88. The summed E-state index contributed by atoms with van der Waals surface area (Å²) in [7, 11) is 3.84. The first-order valence-electron chi connectivity index (χ1n) is 11.8. The van der Waals surface area contributed by atoms with Crippen molar-refractivity contribution in [3.63, 3.8) is 0 Å². The summed E-state index contributed by atoms with van der Waals surface area (Å²) >= 11 is 0. The van der Waals surface area contributed by atoms with Gasteiger partial charge >= 0.3 is 0 Å². The zero-order valence-corrected chi connectivity index (χ0v) is 19.5. The fourth-order valence-corrected chi connectivity index (χ4v) is 5.34. The van der Waals surface area contributed by atoms with Gasteiger partial charge in [0.25, 0.3) is 0 Å². The van der Waals surface area contributed by atoms with Gasteiger partial charge in [-0.05, 0) is 64.9 Å². The monoisotopic (exact) mass is 445 g/mol. The number of likely N-dealkylation sites (tertiary alicyclic amines) is 2. The Morgan fingerprint density at radius 3 is 2.62 bits per heavy atom. The predicted octanol–water partition coefficient (Wildman–Crippen LogP) is 1.60. The first kappa shape index (κ1) is 23.0. The normalized spacial score (nSPS) is 24.3. The van der Waals surface area contributed by atoms with Crippen molar-refractivity contribution in [2.75, 3.05) is 52.1 Å². The van der Waals surface area contributed by atoms with E-state index in [2.05, 4.69) is 15.5 Å². The van der Waals surface area contributed by atoms with Gasteiger partial charge < -0.3 is 20.4 Å². The standard InChI is InChI=1S/C24H36FN5O2/c1-16-6-7-20(25)19-13-21(27-23(16)19)24(32)26-17-5-4-10-30(14-17)18-8-11-29(12-9-18)22(31)15-28(2)3/h6-7,17-18,21,27H,4-5,8-15H2,1-3H3,(H,26,32)/t17-,21?/m0/s1. The maximum absolute atomic E-state index is 14.2. The van der Waals surface area contributed by atoms with Crippen LogP contribution in [0, 0.1) is 12.7 Å². The molecule has 8 heteroatoms. The minimum atomic E-state index is -0.415. The van der Waals surface area contributed by atoms with E-state index >= 15 is 0 Å². The molecule has 32 heavy (non-hydrogen) atoms. The molecule has 0 spiro atoms. The van der Waals surface area contributed by atoms with Crippen LogP contribution in [0.25, 0.3) is 0 Å². The summed E-state index contributed by atoms with van der Waals surface area (Å²) in [5.74, 6) is -0.0856. The molecule has 0 bridgehead atoms. The molecule has 0 radical (unpaired) electrons. The molecular formula is C24H36FN5O2. The number of nitrogens with one attached hydrogen (secondary N) is 2. The smallest absolute Gasteiger partial charge is 0.243 e. The van der Waals surface area contributed by atoms with E-state index < -0.39 is 6.04 Å². The molecule has 0 aliphatic carbocycles. The van der Waals surface area contributed by atoms with Crippen LogP contribution in [0.3, 0.4) is 0 Å². The number of carbonyl (C=O) groups excluding carboxylic acids is 2. The average molecular weight is 446 g/mol. The fraction of sp³-hybridized carbons (Fsp3) is 0.667. The van der Waals surface area contributed by atoms with Crippen molar-refractivity contribution in [2.24, 2.45) is 0 Å². The molecular weight excluding hydrogens is 409 g/mol. The number of carbonyl (C=O) groups is 2. The van der Waals surface area contributed by atoms with E-state index in [0.717, 1.165) is 63.1 Å². The molecule has 4 rings (SSSR count). The van der Waals surface area contributed by atoms with Crippen molar-refractivity contribution in [3.05, 3.63) is 29.1 Å². The molecule has 1 aromatic rings. The quantitative estimate of drug-likeness (QED) is 0.721. The molecule has 2 amide bonds. The van der Waals surface area contributed by atoms with Crippen LogP contribution < -0.4 is 10.6 Å². The summed E-state index contributed by atoms with van der Waals surface area (Å²) in [5, 5.41) is 6.45. The van der Waals surface area contributed by atoms with Crippen LogP contribution in [-0.2, 0) is 16.0 Å². The zero-order chi connectivity index (χ0) is 22.8. The second-order valence-corrected chi connectivity index (χ2v) is 9.81. The number of anilines is 1. The first-order valence-corrected chi connectivity index (χ1v) is 11.8. The van der Waals surface area contributed by atoms with E-state index in [0.29, 0.717) is 24.6 Å². The second kappa shape index (κ2) is 9.75. The lowest BCUT2D eigenvalue weighted by Gasteiger charge is -2.42. The van der Waals surface area contributed by atoms with E-state index in [1.807, 2.05) is 30.8 Å². The summed E-state index contributed by atoms with van der Waals surface area (Å²) in [6.07, 6.45) is 4.38. The van der Waals surface area contributed by atoms with Crippen molar-refractivity contribution < 1.29 is 14.0 Å². The molecule has 7 nitrogen and oxygen atoms in total. The van der Waals surface area contributed by atoms with Crippen LogP contribution in [0.5, 0.6) is 0 Å². The van der Waals surface area contributed by atoms with Gasteiger partial charge in [-0.1, -0.05) is 6.07 Å². The first-order chi connectivity index (χ1) is 15.3. The van der Waals surface area contributed by atoms with Crippen molar-refractivity contribution in [3.8, 4) is 0 Å². The number of hydrogen-bond acceptors (Lipinski definition) is 5. The molecule has 1 aromatic carbocycles. The second-order valence-electron chi connectivity index (χ2n) is 9.81. The van der Waals surface area contributed by atoms with E-state index in [-0.39, 0.29) is 23.7 Å². The molecule has 3 aliphatic heterocycles. The maximum Gasteiger partial charge on any atom is 0.243 e. The van der Waals surface area contributed by atoms with Crippen molar-refractivity contribution in [1.82, 2.24) is 20.0 Å². The molecule has 2 atom stereocenters. The Morgan fingerprint density at radius 2 is 1.94 bits per heavy atom. The molecule has 2 fully saturated rings. The highest BCUT2D eigenvalue weighted by atomic mass is 19.1. The zero-order valence-electron chi connectivity index (χ0n) is 19.5. The Bertz CT molecular complexity index is 822. The molecule has 2 N–H and O–H groups in total. The Kier molecular flexibility index (Phi) is 7.00. The molecule has 3 aliphatic rings. The topological polar surface area (TPSA) is 67.9 Å². The van der Waals surface area contributed by atoms with Gasteiger partial charge in [-0.2, -0.15) is 0 Å². The highest BCUT2D eigenvalue weighted by Gasteiger charge is 2.34. The Hall–Kier alpha value is -2.19.